The van der Waals surface area contributed by atoms with Crippen molar-refractivity contribution in [3.63, 3.8) is 0 Å². The van der Waals surface area contributed by atoms with Crippen LogP contribution in [0.3, 0.4) is 0 Å². The molecule has 7 heteroatoms. The molecular formula is C27H28N4O3. The maximum Gasteiger partial charge on any atom is 0.253 e. The number of hydrogen-bond donors (Lipinski definition) is 0. The number of carbonyl (C=O) groups is 1. The highest BCUT2D eigenvalue weighted by molar-refractivity contribution is 5.94. The summed E-state index contributed by atoms with van der Waals surface area (Å²) in [6.07, 6.45) is 3.91. The van der Waals surface area contributed by atoms with Gasteiger partial charge >= 0.3 is 0 Å². The fraction of sp³-hybridized carbons (Fsp3) is 0.259. The summed E-state index contributed by atoms with van der Waals surface area (Å²) in [6, 6.07) is 21.6. The monoisotopic (exact) mass is 456 g/mol. The molecule has 5 rings (SSSR count). The predicted octanol–water partition coefficient (Wildman–Crippen LogP) is 4.02. The van der Waals surface area contributed by atoms with Crippen molar-refractivity contribution >= 4 is 17.2 Å². The zero-order valence-electron chi connectivity index (χ0n) is 19.3. The van der Waals surface area contributed by atoms with E-state index in [9.17, 15) is 4.79 Å². The Labute approximate surface area is 199 Å². The van der Waals surface area contributed by atoms with E-state index in [0.29, 0.717) is 24.5 Å². The van der Waals surface area contributed by atoms with E-state index < -0.39 is 0 Å². The fourth-order valence-electron chi connectivity index (χ4n) is 4.11. The van der Waals surface area contributed by atoms with Crippen LogP contribution in [0.15, 0.2) is 79.1 Å². The topological polar surface area (TPSA) is 59.3 Å². The molecule has 4 aromatic rings. The molecule has 1 aliphatic heterocycles. The van der Waals surface area contributed by atoms with Crippen molar-refractivity contribution in [1.82, 2.24) is 14.3 Å². The number of imidazole rings is 1. The first-order valence-electron chi connectivity index (χ1n) is 11.5. The van der Waals surface area contributed by atoms with Crippen LogP contribution in [0.4, 0.5) is 5.69 Å². The van der Waals surface area contributed by atoms with Crippen LogP contribution in [0.1, 0.15) is 21.6 Å². The number of pyridine rings is 1. The molecule has 0 radical (unpaired) electrons. The summed E-state index contributed by atoms with van der Waals surface area (Å²) in [5.74, 6) is 0.680. The van der Waals surface area contributed by atoms with Gasteiger partial charge in [-0.05, 0) is 54.1 Å². The summed E-state index contributed by atoms with van der Waals surface area (Å²) in [4.78, 5) is 21.5. The van der Waals surface area contributed by atoms with Gasteiger partial charge in [0.05, 0.1) is 18.9 Å². The van der Waals surface area contributed by atoms with Gasteiger partial charge in [0.1, 0.15) is 18.0 Å². The Hall–Kier alpha value is -3.84. The number of amides is 1. The molecule has 0 N–H and O–H groups in total. The molecule has 2 aromatic heterocycles. The van der Waals surface area contributed by atoms with Gasteiger partial charge < -0.3 is 23.7 Å². The predicted molar refractivity (Wildman–Crippen MR) is 131 cm³/mol. The van der Waals surface area contributed by atoms with Gasteiger partial charge in [0, 0.05) is 50.3 Å². The normalized spacial score (nSPS) is 13.7. The molecule has 1 aliphatic rings. The van der Waals surface area contributed by atoms with Gasteiger partial charge in [0.2, 0.25) is 0 Å². The standard InChI is InChI=1S/C27H28N4O3/c1-29(18-21-5-9-24(10-6-21)30-14-16-33-17-15-30)27(32)22-7-11-25(12-8-22)34-20-23-19-31-13-3-2-4-26(31)28-23/h2-13,19H,14-18,20H2,1H3. The molecular weight excluding hydrogens is 428 g/mol. The first kappa shape index (κ1) is 22.0. The number of morpholine rings is 1. The van der Waals surface area contributed by atoms with Crippen molar-refractivity contribution in [3.8, 4) is 5.75 Å². The average molecular weight is 457 g/mol. The van der Waals surface area contributed by atoms with E-state index in [4.69, 9.17) is 9.47 Å². The lowest BCUT2D eigenvalue weighted by molar-refractivity contribution is 0.0785. The van der Waals surface area contributed by atoms with Crippen molar-refractivity contribution in [2.24, 2.45) is 0 Å². The average Bonchev–Trinajstić information content (AvgIpc) is 3.31. The number of fused-ring (bicyclic) bond motifs is 1. The van der Waals surface area contributed by atoms with Crippen LogP contribution in [0, 0.1) is 0 Å². The van der Waals surface area contributed by atoms with E-state index >= 15 is 0 Å². The zero-order chi connectivity index (χ0) is 23.3. The summed E-state index contributed by atoms with van der Waals surface area (Å²) in [5.41, 5.74) is 4.67. The number of carbonyl (C=O) groups excluding carboxylic acids is 1. The highest BCUT2D eigenvalue weighted by Gasteiger charge is 2.14. The molecule has 0 bridgehead atoms. The Balaban J connectivity index is 1.15. The lowest BCUT2D eigenvalue weighted by Crippen LogP contribution is -2.36. The van der Waals surface area contributed by atoms with E-state index in [0.717, 1.165) is 43.2 Å². The second kappa shape index (κ2) is 9.97. The van der Waals surface area contributed by atoms with Crippen LogP contribution < -0.4 is 9.64 Å². The minimum absolute atomic E-state index is 0.0239. The van der Waals surface area contributed by atoms with Crippen molar-refractivity contribution in [2.75, 3.05) is 38.3 Å². The molecule has 0 unspecified atom stereocenters. The second-order valence-electron chi connectivity index (χ2n) is 8.44. The van der Waals surface area contributed by atoms with Gasteiger partial charge in [-0.1, -0.05) is 18.2 Å². The van der Waals surface area contributed by atoms with Gasteiger partial charge in [-0.25, -0.2) is 4.98 Å². The van der Waals surface area contributed by atoms with E-state index in [-0.39, 0.29) is 5.91 Å². The third-order valence-electron chi connectivity index (χ3n) is 5.98. The summed E-state index contributed by atoms with van der Waals surface area (Å²) in [7, 11) is 1.83. The smallest absolute Gasteiger partial charge is 0.253 e. The van der Waals surface area contributed by atoms with Crippen molar-refractivity contribution in [1.29, 1.82) is 0 Å². The van der Waals surface area contributed by atoms with E-state index in [1.807, 2.05) is 54.2 Å². The molecule has 1 fully saturated rings. The van der Waals surface area contributed by atoms with Crippen LogP contribution in [0.5, 0.6) is 5.75 Å². The highest BCUT2D eigenvalue weighted by Crippen LogP contribution is 2.19. The molecule has 0 aliphatic carbocycles. The molecule has 3 heterocycles. The Morgan fingerprint density at radius 1 is 1.03 bits per heavy atom. The van der Waals surface area contributed by atoms with Gasteiger partial charge in [0.25, 0.3) is 5.91 Å². The van der Waals surface area contributed by atoms with E-state index in [2.05, 4.69) is 34.1 Å². The highest BCUT2D eigenvalue weighted by atomic mass is 16.5. The number of rotatable bonds is 7. The van der Waals surface area contributed by atoms with Crippen LogP contribution >= 0.6 is 0 Å². The van der Waals surface area contributed by atoms with Crippen LogP contribution in [-0.4, -0.2) is 53.5 Å². The Morgan fingerprint density at radius 2 is 1.79 bits per heavy atom. The van der Waals surface area contributed by atoms with Crippen molar-refractivity contribution in [2.45, 2.75) is 13.2 Å². The van der Waals surface area contributed by atoms with E-state index in [1.54, 1.807) is 17.0 Å². The number of aromatic nitrogens is 2. The summed E-state index contributed by atoms with van der Waals surface area (Å²) in [6.45, 7) is 4.28. The minimum Gasteiger partial charge on any atom is -0.487 e. The lowest BCUT2D eigenvalue weighted by Gasteiger charge is -2.29. The molecule has 174 valence electrons. The third-order valence-corrected chi connectivity index (χ3v) is 5.98. The summed E-state index contributed by atoms with van der Waals surface area (Å²) >= 11 is 0. The number of nitrogens with zero attached hydrogens (tertiary/aromatic N) is 4. The molecule has 34 heavy (non-hydrogen) atoms. The van der Waals surface area contributed by atoms with Gasteiger partial charge in [-0.15, -0.1) is 0 Å². The summed E-state index contributed by atoms with van der Waals surface area (Å²) in [5, 5.41) is 0. The minimum atomic E-state index is -0.0239. The van der Waals surface area contributed by atoms with Crippen LogP contribution in [-0.2, 0) is 17.9 Å². The van der Waals surface area contributed by atoms with Crippen molar-refractivity contribution < 1.29 is 14.3 Å². The summed E-state index contributed by atoms with van der Waals surface area (Å²) < 4.78 is 13.2. The third kappa shape index (κ3) is 5.05. The molecule has 2 aromatic carbocycles. The van der Waals surface area contributed by atoms with Crippen LogP contribution in [0.2, 0.25) is 0 Å². The number of benzene rings is 2. The molecule has 0 saturated carbocycles. The molecule has 0 atom stereocenters. The quantitative estimate of drug-likeness (QED) is 0.420. The van der Waals surface area contributed by atoms with Gasteiger partial charge in [-0.3, -0.25) is 4.79 Å². The Kier molecular flexibility index (Phi) is 6.44. The second-order valence-corrected chi connectivity index (χ2v) is 8.44. The van der Waals surface area contributed by atoms with Gasteiger partial charge in [-0.2, -0.15) is 0 Å². The largest absolute Gasteiger partial charge is 0.487 e. The fourth-order valence-corrected chi connectivity index (χ4v) is 4.11. The molecule has 1 amide bonds. The zero-order valence-corrected chi connectivity index (χ0v) is 19.3. The molecule has 1 saturated heterocycles. The number of anilines is 1. The molecule has 7 nitrogen and oxygen atoms in total. The molecule has 0 spiro atoms. The maximum absolute atomic E-state index is 12.9. The Morgan fingerprint density at radius 3 is 2.53 bits per heavy atom. The first-order chi connectivity index (χ1) is 16.7. The maximum atomic E-state index is 12.9. The van der Waals surface area contributed by atoms with Crippen molar-refractivity contribution in [3.05, 3.63) is 95.9 Å². The van der Waals surface area contributed by atoms with E-state index in [1.165, 1.54) is 5.69 Å². The van der Waals surface area contributed by atoms with Crippen LogP contribution in [0.25, 0.3) is 5.65 Å². The lowest BCUT2D eigenvalue weighted by atomic mass is 10.1. The first-order valence-corrected chi connectivity index (χ1v) is 11.5. The SMILES string of the molecule is CN(Cc1ccc(N2CCOCC2)cc1)C(=O)c1ccc(OCc2cn3ccccc3n2)cc1. The number of hydrogen-bond acceptors (Lipinski definition) is 5. The van der Waals surface area contributed by atoms with Gasteiger partial charge in [0.15, 0.2) is 0 Å². The number of ether oxygens (including phenoxy) is 2. The Bertz CT molecular complexity index is 1210.